The number of nitrogens with zero attached hydrogens (tertiary/aromatic N) is 1. The first-order chi connectivity index (χ1) is 7.83. The third kappa shape index (κ3) is 2.25. The molecular weight excluding hydrogens is 226 g/mol. The molecule has 0 spiro atoms. The molecule has 0 aliphatic heterocycles. The lowest BCUT2D eigenvalue weighted by atomic mass is 10.3. The van der Waals surface area contributed by atoms with Crippen molar-refractivity contribution in [2.24, 2.45) is 0 Å². The highest BCUT2D eigenvalue weighted by molar-refractivity contribution is 7.10. The Bertz CT molecular complexity index is 456. The number of ether oxygens (including phenoxy) is 3. The first-order valence-corrected chi connectivity index (χ1v) is 5.37. The molecule has 5 heteroatoms. The third-order valence-corrected chi connectivity index (χ3v) is 2.52. The Labute approximate surface area is 97.4 Å². The van der Waals surface area contributed by atoms with Crippen LogP contribution >= 0.6 is 11.3 Å². The van der Waals surface area contributed by atoms with Crippen molar-refractivity contribution in [3.63, 3.8) is 0 Å². The summed E-state index contributed by atoms with van der Waals surface area (Å²) in [5.74, 6) is 1.93. The summed E-state index contributed by atoms with van der Waals surface area (Å²) >= 11 is 1.30. The maximum atomic E-state index is 5.54. The van der Waals surface area contributed by atoms with Crippen molar-refractivity contribution in [3.05, 3.63) is 29.8 Å². The molecular formula is C11H10NO3S. The molecule has 1 heterocycles. The quantitative estimate of drug-likeness (QED) is 0.818. The van der Waals surface area contributed by atoms with E-state index in [2.05, 4.69) is 10.4 Å². The Balaban J connectivity index is 2.26. The Morgan fingerprint density at radius 3 is 2.69 bits per heavy atom. The summed E-state index contributed by atoms with van der Waals surface area (Å²) in [6, 6.07) is 5.33. The van der Waals surface area contributed by atoms with Crippen molar-refractivity contribution in [1.82, 2.24) is 4.98 Å². The number of aromatic nitrogens is 1. The highest BCUT2D eigenvalue weighted by Gasteiger charge is 2.08. The fourth-order valence-electron chi connectivity index (χ4n) is 1.18. The summed E-state index contributed by atoms with van der Waals surface area (Å²) < 4.78 is 15.8. The number of rotatable bonds is 4. The van der Waals surface area contributed by atoms with E-state index in [-0.39, 0.29) is 0 Å². The van der Waals surface area contributed by atoms with Crippen molar-refractivity contribution in [2.75, 3.05) is 14.2 Å². The predicted octanol–water partition coefficient (Wildman–Crippen LogP) is 2.75. The molecule has 0 atom stereocenters. The van der Waals surface area contributed by atoms with Gasteiger partial charge in [-0.15, -0.1) is 0 Å². The van der Waals surface area contributed by atoms with Crippen LogP contribution in [0.2, 0.25) is 0 Å². The van der Waals surface area contributed by atoms with Crippen molar-refractivity contribution in [2.45, 2.75) is 0 Å². The molecule has 0 aliphatic carbocycles. The van der Waals surface area contributed by atoms with Gasteiger partial charge in [-0.25, -0.2) is 4.98 Å². The van der Waals surface area contributed by atoms with Gasteiger partial charge in [-0.1, -0.05) is 11.3 Å². The summed E-state index contributed by atoms with van der Waals surface area (Å²) in [6.45, 7) is 0. The Morgan fingerprint density at radius 2 is 2.06 bits per heavy atom. The van der Waals surface area contributed by atoms with Crippen LogP contribution in [0.3, 0.4) is 0 Å². The average molecular weight is 236 g/mol. The monoisotopic (exact) mass is 236 g/mol. The minimum atomic E-state index is 0.531. The highest BCUT2D eigenvalue weighted by atomic mass is 32.1. The number of benzene rings is 1. The van der Waals surface area contributed by atoms with Crippen molar-refractivity contribution in [1.29, 1.82) is 0 Å². The molecule has 0 N–H and O–H groups in total. The van der Waals surface area contributed by atoms with E-state index in [4.69, 9.17) is 14.2 Å². The van der Waals surface area contributed by atoms with Gasteiger partial charge in [0, 0.05) is 6.07 Å². The van der Waals surface area contributed by atoms with Crippen LogP contribution in [0.5, 0.6) is 22.4 Å². The van der Waals surface area contributed by atoms with Crippen LogP contribution < -0.4 is 14.2 Å². The normalized spacial score (nSPS) is 9.88. The zero-order valence-corrected chi connectivity index (χ0v) is 9.71. The van der Waals surface area contributed by atoms with Gasteiger partial charge in [0.2, 0.25) is 0 Å². The van der Waals surface area contributed by atoms with Crippen molar-refractivity contribution >= 4 is 11.3 Å². The number of hydrogen-bond donors (Lipinski definition) is 0. The first kappa shape index (κ1) is 10.8. The maximum Gasteiger partial charge on any atom is 0.279 e. The lowest BCUT2D eigenvalue weighted by molar-refractivity contribution is 0.368. The molecule has 1 radical (unpaired) electrons. The van der Waals surface area contributed by atoms with Crippen molar-refractivity contribution < 1.29 is 14.2 Å². The minimum absolute atomic E-state index is 0.531. The van der Waals surface area contributed by atoms with E-state index in [1.54, 1.807) is 38.6 Å². The van der Waals surface area contributed by atoms with Crippen LogP contribution in [0, 0.1) is 5.38 Å². The van der Waals surface area contributed by atoms with Gasteiger partial charge in [0.15, 0.2) is 11.5 Å². The summed E-state index contributed by atoms with van der Waals surface area (Å²) in [5, 5.41) is 3.38. The van der Waals surface area contributed by atoms with Crippen LogP contribution in [-0.4, -0.2) is 19.2 Å². The van der Waals surface area contributed by atoms with E-state index >= 15 is 0 Å². The van der Waals surface area contributed by atoms with E-state index in [0.717, 1.165) is 5.75 Å². The zero-order valence-electron chi connectivity index (χ0n) is 8.89. The predicted molar refractivity (Wildman–Crippen MR) is 60.6 cm³/mol. The fourth-order valence-corrected chi connectivity index (χ4v) is 1.63. The van der Waals surface area contributed by atoms with Gasteiger partial charge in [-0.3, -0.25) is 0 Å². The molecule has 2 rings (SSSR count). The van der Waals surface area contributed by atoms with Gasteiger partial charge in [-0.2, -0.15) is 0 Å². The van der Waals surface area contributed by atoms with E-state index in [0.29, 0.717) is 16.7 Å². The number of hydrogen-bond acceptors (Lipinski definition) is 5. The Morgan fingerprint density at radius 1 is 1.19 bits per heavy atom. The summed E-state index contributed by atoms with van der Waals surface area (Å²) in [4.78, 5) is 3.98. The molecule has 4 nitrogen and oxygen atoms in total. The lowest BCUT2D eigenvalue weighted by Gasteiger charge is -2.09. The minimum Gasteiger partial charge on any atom is -0.497 e. The maximum absolute atomic E-state index is 5.54. The fraction of sp³-hybridized carbons (Fsp3) is 0.182. The highest BCUT2D eigenvalue weighted by Crippen LogP contribution is 2.34. The second kappa shape index (κ2) is 4.85. The zero-order chi connectivity index (χ0) is 11.4. The van der Waals surface area contributed by atoms with E-state index in [9.17, 15) is 0 Å². The van der Waals surface area contributed by atoms with E-state index in [1.807, 2.05) is 0 Å². The Kier molecular flexibility index (Phi) is 3.26. The molecule has 16 heavy (non-hydrogen) atoms. The van der Waals surface area contributed by atoms with E-state index in [1.165, 1.54) is 11.3 Å². The SMILES string of the molecule is COc1ccc(Oc2nc[c]s2)c(OC)c1. The van der Waals surface area contributed by atoms with Crippen LogP contribution in [0.15, 0.2) is 24.4 Å². The second-order valence-corrected chi connectivity index (χ2v) is 3.65. The topological polar surface area (TPSA) is 40.6 Å². The molecule has 0 unspecified atom stereocenters. The first-order valence-electron chi connectivity index (χ1n) is 4.55. The molecule has 83 valence electrons. The number of methoxy groups -OCH3 is 2. The molecule has 0 fully saturated rings. The van der Waals surface area contributed by atoms with Gasteiger partial charge in [0.05, 0.1) is 25.8 Å². The van der Waals surface area contributed by atoms with Gasteiger partial charge < -0.3 is 14.2 Å². The second-order valence-electron chi connectivity index (χ2n) is 2.86. The van der Waals surface area contributed by atoms with Crippen LogP contribution in [0.4, 0.5) is 0 Å². The molecule has 1 aromatic heterocycles. The molecule has 0 bridgehead atoms. The lowest BCUT2D eigenvalue weighted by Crippen LogP contribution is -1.91. The smallest absolute Gasteiger partial charge is 0.279 e. The van der Waals surface area contributed by atoms with Gasteiger partial charge in [0.1, 0.15) is 5.75 Å². The molecule has 0 aliphatic rings. The van der Waals surface area contributed by atoms with Crippen molar-refractivity contribution in [3.8, 4) is 22.4 Å². The average Bonchev–Trinajstić information content (AvgIpc) is 2.82. The molecule has 0 saturated heterocycles. The number of thiazole rings is 1. The molecule has 2 aromatic rings. The summed E-state index contributed by atoms with van der Waals surface area (Å²) in [6.07, 6.45) is 1.57. The van der Waals surface area contributed by atoms with Gasteiger partial charge in [-0.05, 0) is 12.1 Å². The van der Waals surface area contributed by atoms with Crippen LogP contribution in [0.1, 0.15) is 0 Å². The van der Waals surface area contributed by atoms with Crippen LogP contribution in [0.25, 0.3) is 0 Å². The molecule has 1 aromatic carbocycles. The van der Waals surface area contributed by atoms with Gasteiger partial charge in [0.25, 0.3) is 5.19 Å². The van der Waals surface area contributed by atoms with Crippen LogP contribution in [-0.2, 0) is 0 Å². The molecule has 0 amide bonds. The Hall–Kier alpha value is -1.75. The molecule has 0 saturated carbocycles. The largest absolute Gasteiger partial charge is 0.497 e. The third-order valence-electron chi connectivity index (χ3n) is 1.94. The van der Waals surface area contributed by atoms with Gasteiger partial charge >= 0.3 is 0 Å². The standard InChI is InChI=1S/C11H10NO3S/c1-13-8-3-4-9(10(7-8)14-2)15-11-12-5-6-16-11/h3-5,7H,1-2H3. The summed E-state index contributed by atoms with van der Waals surface area (Å²) in [7, 11) is 3.18. The summed E-state index contributed by atoms with van der Waals surface area (Å²) in [5.41, 5.74) is 0. The van der Waals surface area contributed by atoms with E-state index < -0.39 is 0 Å².